The normalized spacial score (nSPS) is 11.2. The minimum atomic E-state index is 0. The number of fused-ring (bicyclic) bond motifs is 20. The molecule has 16 rings (SSSR count). The van der Waals surface area contributed by atoms with Crippen LogP contribution in [0.15, 0.2) is 291 Å². The molecular weight excluding hydrogens is 877 g/mol. The fraction of sp³-hybridized carbons (Fsp3) is 0.0137. The summed E-state index contributed by atoms with van der Waals surface area (Å²) >= 11 is 0. The van der Waals surface area contributed by atoms with E-state index in [0.717, 1.165) is 0 Å². The Morgan fingerprint density at radius 3 is 0.356 bits per heavy atom. The van der Waals surface area contributed by atoms with Gasteiger partial charge in [0.25, 0.3) is 0 Å². The van der Waals surface area contributed by atoms with Crippen LogP contribution in [-0.4, -0.2) is 0 Å². The third-order valence-corrected chi connectivity index (χ3v) is 14.5. The van der Waals surface area contributed by atoms with E-state index in [4.69, 9.17) is 0 Å². The SMILES string of the molecule is C.c1ccc2c(c1)ccc1ccc3ccccc3c12.c1ccc2c(c1)ccc1ccc3ccccc3c12.c1ccc2c(c1)ccc1ccc3ccccc3c12.c1ccc2c(c1)ccc1ccc3ccccc3c12. The largest absolute Gasteiger partial charge is 0.0776 e. The van der Waals surface area contributed by atoms with E-state index in [-0.39, 0.29) is 7.43 Å². The van der Waals surface area contributed by atoms with Crippen molar-refractivity contribution < 1.29 is 0 Å². The second-order valence-corrected chi connectivity index (χ2v) is 18.7. The van der Waals surface area contributed by atoms with E-state index < -0.39 is 0 Å². The third kappa shape index (κ3) is 8.29. The van der Waals surface area contributed by atoms with Crippen molar-refractivity contribution in [2.75, 3.05) is 0 Å². The van der Waals surface area contributed by atoms with Crippen molar-refractivity contribution in [3.8, 4) is 0 Å². The third-order valence-electron chi connectivity index (χ3n) is 14.5. The molecule has 0 spiro atoms. The van der Waals surface area contributed by atoms with Crippen molar-refractivity contribution in [3.63, 3.8) is 0 Å². The lowest BCUT2D eigenvalue weighted by atomic mass is 9.97. The maximum Gasteiger partial charge on any atom is -0.00268 e. The molecule has 0 aromatic heterocycles. The van der Waals surface area contributed by atoms with Crippen LogP contribution in [0.2, 0.25) is 0 Å². The van der Waals surface area contributed by atoms with Crippen LogP contribution >= 0.6 is 0 Å². The molecule has 0 amide bonds. The molecule has 0 heteroatoms. The van der Waals surface area contributed by atoms with E-state index in [0.29, 0.717) is 0 Å². The van der Waals surface area contributed by atoms with Crippen LogP contribution in [0.4, 0.5) is 0 Å². The van der Waals surface area contributed by atoms with Gasteiger partial charge in [0.2, 0.25) is 0 Å². The predicted molar refractivity (Wildman–Crippen MR) is 323 cm³/mol. The first kappa shape index (κ1) is 44.8. The van der Waals surface area contributed by atoms with E-state index in [2.05, 4.69) is 291 Å². The highest BCUT2D eigenvalue weighted by Crippen LogP contribution is 2.36. The lowest BCUT2D eigenvalue weighted by molar-refractivity contribution is 1.77. The van der Waals surface area contributed by atoms with Crippen LogP contribution in [0.3, 0.4) is 0 Å². The zero-order valence-electron chi connectivity index (χ0n) is 39.7. The van der Waals surface area contributed by atoms with Crippen molar-refractivity contribution in [2.45, 2.75) is 7.43 Å². The molecule has 344 valence electrons. The van der Waals surface area contributed by atoms with Crippen LogP contribution in [0.5, 0.6) is 0 Å². The molecule has 0 aliphatic carbocycles. The summed E-state index contributed by atoms with van der Waals surface area (Å²) in [6.07, 6.45) is 0. The van der Waals surface area contributed by atoms with Gasteiger partial charge >= 0.3 is 0 Å². The highest BCUT2D eigenvalue weighted by Gasteiger charge is 2.08. The van der Waals surface area contributed by atoms with Crippen LogP contribution in [-0.2, 0) is 0 Å². The Hall–Kier alpha value is -9.36. The van der Waals surface area contributed by atoms with Gasteiger partial charge in [-0.3, -0.25) is 0 Å². The summed E-state index contributed by atoms with van der Waals surface area (Å²) < 4.78 is 0. The molecule has 0 unspecified atom stereocenters. The molecule has 0 radical (unpaired) electrons. The molecule has 16 aromatic rings. The Morgan fingerprint density at radius 1 is 0.110 bits per heavy atom. The zero-order chi connectivity index (χ0) is 47.8. The van der Waals surface area contributed by atoms with Crippen molar-refractivity contribution in [1.82, 2.24) is 0 Å². The molecule has 0 aliphatic heterocycles. The maximum absolute atomic E-state index is 2.21. The standard InChI is InChI=1S/4C18H12.CH4/c4*1-3-7-16-13(5-1)9-11-15-12-10-14-6-2-4-8-17(14)18(15)16;/h4*1-12H;1H4. The molecule has 0 nitrogen and oxygen atoms in total. The topological polar surface area (TPSA) is 0 Å². The van der Waals surface area contributed by atoms with Crippen molar-refractivity contribution in [3.05, 3.63) is 291 Å². The quantitative estimate of drug-likeness (QED) is 0.133. The molecule has 0 aliphatic rings. The number of benzene rings is 16. The Labute approximate surface area is 425 Å². The summed E-state index contributed by atoms with van der Waals surface area (Å²) in [4.78, 5) is 0. The van der Waals surface area contributed by atoms with Crippen molar-refractivity contribution >= 4 is 129 Å². The molecule has 0 fully saturated rings. The minimum Gasteiger partial charge on any atom is -0.0776 e. The van der Waals surface area contributed by atoms with Crippen LogP contribution in [0.1, 0.15) is 7.43 Å². The summed E-state index contributed by atoms with van der Waals surface area (Å²) in [5.41, 5.74) is 0. The average Bonchev–Trinajstić information content (AvgIpc) is 3.47. The summed E-state index contributed by atoms with van der Waals surface area (Å²) in [6, 6.07) is 104. The lowest BCUT2D eigenvalue weighted by Gasteiger charge is -2.07. The van der Waals surface area contributed by atoms with Gasteiger partial charge in [0.05, 0.1) is 0 Å². The second kappa shape index (κ2) is 19.4. The molecule has 0 atom stereocenters. The van der Waals surface area contributed by atoms with Gasteiger partial charge in [-0.1, -0.05) is 299 Å². The molecule has 73 heavy (non-hydrogen) atoms. The van der Waals surface area contributed by atoms with Crippen LogP contribution < -0.4 is 0 Å². The van der Waals surface area contributed by atoms with Crippen LogP contribution in [0.25, 0.3) is 129 Å². The zero-order valence-corrected chi connectivity index (χ0v) is 39.7. The average molecular weight is 929 g/mol. The van der Waals surface area contributed by atoms with Gasteiger partial charge in [0.15, 0.2) is 0 Å². The molecule has 0 saturated carbocycles. The summed E-state index contributed by atoms with van der Waals surface area (Å²) in [6.45, 7) is 0. The first-order valence-electron chi connectivity index (χ1n) is 24.9. The predicted octanol–water partition coefficient (Wildman–Crippen LogP) is 21.2. The van der Waals surface area contributed by atoms with Gasteiger partial charge < -0.3 is 0 Å². The Bertz CT molecular complexity index is 3810. The van der Waals surface area contributed by atoms with Gasteiger partial charge in [0, 0.05) is 0 Å². The lowest BCUT2D eigenvalue weighted by Crippen LogP contribution is -1.80. The van der Waals surface area contributed by atoms with Crippen molar-refractivity contribution in [2.24, 2.45) is 0 Å². The minimum absolute atomic E-state index is 0. The Kier molecular flexibility index (Phi) is 11.9. The highest BCUT2D eigenvalue weighted by molar-refractivity contribution is 6.23. The Balaban J connectivity index is 0.0000000987. The molecule has 0 heterocycles. The maximum atomic E-state index is 2.21. The van der Waals surface area contributed by atoms with Crippen molar-refractivity contribution in [1.29, 1.82) is 0 Å². The van der Waals surface area contributed by atoms with Gasteiger partial charge in [-0.25, -0.2) is 0 Å². The van der Waals surface area contributed by atoms with Gasteiger partial charge in [-0.05, 0) is 129 Å². The van der Waals surface area contributed by atoms with E-state index in [1.165, 1.54) is 129 Å². The van der Waals surface area contributed by atoms with E-state index in [9.17, 15) is 0 Å². The fourth-order valence-corrected chi connectivity index (χ4v) is 11.1. The molecule has 0 saturated heterocycles. The van der Waals surface area contributed by atoms with E-state index in [1.807, 2.05) is 0 Å². The number of rotatable bonds is 0. The number of hydrogen-bond acceptors (Lipinski definition) is 0. The second-order valence-electron chi connectivity index (χ2n) is 18.7. The smallest absolute Gasteiger partial charge is 0.00268 e. The molecule has 0 N–H and O–H groups in total. The van der Waals surface area contributed by atoms with Gasteiger partial charge in [-0.15, -0.1) is 0 Å². The fourth-order valence-electron chi connectivity index (χ4n) is 11.1. The monoisotopic (exact) mass is 928 g/mol. The van der Waals surface area contributed by atoms with Gasteiger partial charge in [0.1, 0.15) is 0 Å². The summed E-state index contributed by atoms with van der Waals surface area (Å²) in [5.74, 6) is 0. The van der Waals surface area contributed by atoms with E-state index in [1.54, 1.807) is 0 Å². The summed E-state index contributed by atoms with van der Waals surface area (Å²) in [5, 5.41) is 31.9. The molecule has 16 aromatic carbocycles. The number of hydrogen-bond donors (Lipinski definition) is 0. The molecular formula is C73H52. The van der Waals surface area contributed by atoms with Gasteiger partial charge in [-0.2, -0.15) is 0 Å². The molecule has 0 bridgehead atoms. The summed E-state index contributed by atoms with van der Waals surface area (Å²) in [7, 11) is 0. The first-order chi connectivity index (χ1) is 35.7. The van der Waals surface area contributed by atoms with Crippen LogP contribution in [0, 0.1) is 0 Å². The Morgan fingerprint density at radius 2 is 0.219 bits per heavy atom. The highest BCUT2D eigenvalue weighted by atomic mass is 14.1. The van der Waals surface area contributed by atoms with E-state index >= 15 is 0 Å². The first-order valence-corrected chi connectivity index (χ1v) is 24.9.